The Morgan fingerprint density at radius 3 is 2.13 bits per heavy atom. The highest BCUT2D eigenvalue weighted by molar-refractivity contribution is 7.21. The third-order valence-electron chi connectivity index (χ3n) is 8.79. The maximum absolute atomic E-state index is 5.28. The zero-order valence-electron chi connectivity index (χ0n) is 25.2. The molecule has 0 bridgehead atoms. The first-order valence-corrected chi connectivity index (χ1v) is 16.4. The van der Waals surface area contributed by atoms with E-state index in [2.05, 4.69) is 145 Å². The average molecular weight is 609 g/mol. The van der Waals surface area contributed by atoms with Crippen LogP contribution in [-0.2, 0) is 6.42 Å². The first kappa shape index (κ1) is 26.7. The van der Waals surface area contributed by atoms with Crippen LogP contribution >= 0.6 is 11.3 Å². The van der Waals surface area contributed by atoms with Crippen molar-refractivity contribution in [1.29, 1.82) is 0 Å². The van der Waals surface area contributed by atoms with Crippen LogP contribution in [-0.4, -0.2) is 19.5 Å². The van der Waals surface area contributed by atoms with Gasteiger partial charge in [0.1, 0.15) is 10.8 Å². The molecule has 0 amide bonds. The summed E-state index contributed by atoms with van der Waals surface area (Å²) < 4.78 is 3.49. The van der Waals surface area contributed by atoms with Gasteiger partial charge in [-0.25, -0.2) is 15.0 Å². The van der Waals surface area contributed by atoms with Gasteiger partial charge in [0.15, 0.2) is 0 Å². The molecule has 218 valence electrons. The maximum Gasteiger partial charge on any atom is 0.124 e. The van der Waals surface area contributed by atoms with E-state index in [0.29, 0.717) is 0 Å². The van der Waals surface area contributed by atoms with Crippen LogP contribution in [0.15, 0.2) is 140 Å². The van der Waals surface area contributed by atoms with E-state index < -0.39 is 0 Å². The number of hydrogen-bond donors (Lipinski definition) is 0. The number of imidazole rings is 1. The number of hydrogen-bond acceptors (Lipinski definition) is 4. The lowest BCUT2D eigenvalue weighted by Gasteiger charge is -2.12. The molecule has 0 radical (unpaired) electrons. The van der Waals surface area contributed by atoms with Gasteiger partial charge in [-0.15, -0.1) is 11.3 Å². The number of benzene rings is 6. The highest BCUT2D eigenvalue weighted by atomic mass is 32.1. The van der Waals surface area contributed by atoms with Crippen molar-refractivity contribution in [3.05, 3.63) is 145 Å². The van der Waals surface area contributed by atoms with Crippen LogP contribution in [0.2, 0.25) is 0 Å². The molecule has 9 aromatic rings. The fourth-order valence-corrected chi connectivity index (χ4v) is 7.55. The van der Waals surface area contributed by atoms with Gasteiger partial charge in [-0.3, -0.25) is 4.57 Å². The summed E-state index contributed by atoms with van der Waals surface area (Å²) in [5, 5.41) is 4.43. The van der Waals surface area contributed by atoms with Crippen LogP contribution in [0.1, 0.15) is 12.7 Å². The van der Waals surface area contributed by atoms with E-state index in [-0.39, 0.29) is 0 Å². The molecule has 0 aliphatic carbocycles. The largest absolute Gasteiger partial charge is 0.296 e. The van der Waals surface area contributed by atoms with Crippen LogP contribution in [0, 0.1) is 0 Å². The molecule has 0 spiro atoms. The monoisotopic (exact) mass is 608 g/mol. The Morgan fingerprint density at radius 1 is 0.565 bits per heavy atom. The quantitative estimate of drug-likeness (QED) is 0.183. The molecular formula is C41H28N4S. The lowest BCUT2D eigenvalue weighted by molar-refractivity contribution is 0.908. The molecule has 0 fully saturated rings. The summed E-state index contributed by atoms with van der Waals surface area (Å²) in [5.74, 6) is 1.04. The zero-order chi connectivity index (χ0) is 30.6. The number of rotatable bonds is 5. The minimum absolute atomic E-state index is 0.826. The summed E-state index contributed by atoms with van der Waals surface area (Å²) in [4.78, 5) is 15.4. The summed E-state index contributed by atoms with van der Waals surface area (Å²) in [5.41, 5.74) is 10.7. The van der Waals surface area contributed by atoms with Crippen molar-refractivity contribution >= 4 is 54.3 Å². The second kappa shape index (κ2) is 10.8. The number of pyridine rings is 1. The number of fused-ring (bicyclic) bond motifs is 6. The molecule has 0 saturated heterocycles. The van der Waals surface area contributed by atoms with Crippen molar-refractivity contribution < 1.29 is 0 Å². The zero-order valence-corrected chi connectivity index (χ0v) is 26.0. The fraction of sp³-hybridized carbons (Fsp3) is 0.0488. The minimum Gasteiger partial charge on any atom is -0.296 e. The predicted molar refractivity (Wildman–Crippen MR) is 193 cm³/mol. The molecule has 0 unspecified atom stereocenters. The molecule has 0 N–H and O–H groups in total. The topological polar surface area (TPSA) is 43.6 Å². The van der Waals surface area contributed by atoms with Crippen molar-refractivity contribution in [3.63, 3.8) is 0 Å². The Morgan fingerprint density at radius 2 is 1.30 bits per heavy atom. The van der Waals surface area contributed by atoms with E-state index in [0.717, 1.165) is 83.7 Å². The van der Waals surface area contributed by atoms with Gasteiger partial charge in [0.25, 0.3) is 0 Å². The molecule has 6 aromatic carbocycles. The number of thiazole rings is 1. The molecule has 5 heteroatoms. The van der Waals surface area contributed by atoms with Gasteiger partial charge in [-0.1, -0.05) is 104 Å². The number of nitrogens with zero attached hydrogens (tertiary/aromatic N) is 4. The predicted octanol–water partition coefficient (Wildman–Crippen LogP) is 10.9. The Hall–Kier alpha value is -5.65. The third-order valence-corrected chi connectivity index (χ3v) is 9.87. The fourth-order valence-electron chi connectivity index (χ4n) is 6.59. The maximum atomic E-state index is 5.28. The van der Waals surface area contributed by atoms with Crippen LogP contribution in [0.5, 0.6) is 0 Å². The molecule has 0 aliphatic rings. The molecule has 0 atom stereocenters. The van der Waals surface area contributed by atoms with Crippen LogP contribution in [0.4, 0.5) is 0 Å². The second-order valence-electron chi connectivity index (χ2n) is 11.5. The first-order valence-electron chi connectivity index (χ1n) is 15.6. The van der Waals surface area contributed by atoms with Crippen molar-refractivity contribution in [2.24, 2.45) is 0 Å². The van der Waals surface area contributed by atoms with Crippen LogP contribution < -0.4 is 0 Å². The Bertz CT molecular complexity index is 2530. The lowest BCUT2D eigenvalue weighted by atomic mass is 9.96. The molecule has 0 saturated carbocycles. The number of aromatic nitrogens is 4. The lowest BCUT2D eigenvalue weighted by Crippen LogP contribution is -1.99. The molecule has 46 heavy (non-hydrogen) atoms. The van der Waals surface area contributed by atoms with E-state index >= 15 is 0 Å². The van der Waals surface area contributed by atoms with Gasteiger partial charge in [0, 0.05) is 34.0 Å². The Kier molecular flexibility index (Phi) is 6.25. The van der Waals surface area contributed by atoms with E-state index in [4.69, 9.17) is 15.0 Å². The van der Waals surface area contributed by atoms with Gasteiger partial charge in [-0.2, -0.15) is 0 Å². The molecule has 3 heterocycles. The number of aryl methyl sites for hydroxylation is 1. The van der Waals surface area contributed by atoms with Gasteiger partial charge in [0.05, 0.1) is 32.5 Å². The van der Waals surface area contributed by atoms with Crippen molar-refractivity contribution in [2.75, 3.05) is 0 Å². The highest BCUT2D eigenvalue weighted by Gasteiger charge is 2.19. The summed E-state index contributed by atoms with van der Waals surface area (Å²) in [6.07, 6.45) is 0.826. The van der Waals surface area contributed by atoms with E-state index in [9.17, 15) is 0 Å². The highest BCUT2D eigenvalue weighted by Crippen LogP contribution is 2.39. The summed E-state index contributed by atoms with van der Waals surface area (Å²) in [6, 6.07) is 49.2. The minimum atomic E-state index is 0.826. The molecule has 0 aliphatic heterocycles. The molecular weight excluding hydrogens is 581 g/mol. The van der Waals surface area contributed by atoms with Crippen molar-refractivity contribution in [3.8, 4) is 38.6 Å². The van der Waals surface area contributed by atoms with Gasteiger partial charge >= 0.3 is 0 Å². The molecule has 4 nitrogen and oxygen atoms in total. The van der Waals surface area contributed by atoms with Gasteiger partial charge in [-0.05, 0) is 59.0 Å². The average Bonchev–Trinajstić information content (AvgIpc) is 3.74. The number of para-hydroxylation sites is 3. The molecule has 3 aromatic heterocycles. The summed E-state index contributed by atoms with van der Waals surface area (Å²) in [6.45, 7) is 2.17. The van der Waals surface area contributed by atoms with Gasteiger partial charge < -0.3 is 0 Å². The Labute approximate surface area is 270 Å². The first-order chi connectivity index (χ1) is 22.7. The van der Waals surface area contributed by atoms with E-state index in [1.807, 2.05) is 6.07 Å². The summed E-state index contributed by atoms with van der Waals surface area (Å²) in [7, 11) is 0. The van der Waals surface area contributed by atoms with Crippen LogP contribution in [0.25, 0.3) is 81.6 Å². The Balaban J connectivity index is 1.20. The van der Waals surface area contributed by atoms with Crippen molar-refractivity contribution in [1.82, 2.24) is 19.5 Å². The van der Waals surface area contributed by atoms with Gasteiger partial charge in [0.2, 0.25) is 0 Å². The second-order valence-corrected chi connectivity index (χ2v) is 12.6. The third kappa shape index (κ3) is 4.31. The normalized spacial score (nSPS) is 11.7. The SMILES string of the molecule is CCc1nc2c3c(-c4ccc(-c5cccc(-c6nc7ccccc7s6)c5)cc4)nc4ccccc4c3ccc2n1-c1ccccc1. The van der Waals surface area contributed by atoms with E-state index in [1.165, 1.54) is 10.1 Å². The smallest absolute Gasteiger partial charge is 0.124 e. The standard InChI is InChI=1S/C41H28N4S/c1-2-37-44-40-35(45(37)30-13-4-3-5-14-30)24-23-32-31-15-6-7-16-33(31)42-39(38(32)40)27-21-19-26(20-22-27)28-11-10-12-29(25-28)41-43-34-17-8-9-18-36(34)46-41/h3-25H,2H2,1H3. The van der Waals surface area contributed by atoms with Crippen molar-refractivity contribution in [2.45, 2.75) is 13.3 Å². The van der Waals surface area contributed by atoms with E-state index in [1.54, 1.807) is 11.3 Å². The summed E-state index contributed by atoms with van der Waals surface area (Å²) >= 11 is 1.73. The molecule has 9 rings (SSSR count). The van der Waals surface area contributed by atoms with Crippen LogP contribution in [0.3, 0.4) is 0 Å².